The molecule has 1 unspecified atom stereocenters. The average Bonchev–Trinajstić information content (AvgIpc) is 2.37. The second-order valence-corrected chi connectivity index (χ2v) is 5.85. The van der Waals surface area contributed by atoms with Crippen molar-refractivity contribution >= 4 is 11.6 Å². The van der Waals surface area contributed by atoms with Gasteiger partial charge in [-0.3, -0.25) is 4.68 Å². The Labute approximate surface area is 103 Å². The Morgan fingerprint density at radius 3 is 2.31 bits per heavy atom. The average molecular weight is 244 g/mol. The van der Waals surface area contributed by atoms with Crippen molar-refractivity contribution in [3.8, 4) is 0 Å². The zero-order chi connectivity index (χ0) is 12.5. The molecule has 1 aromatic rings. The summed E-state index contributed by atoms with van der Waals surface area (Å²) in [5, 5.41) is 5.11. The molecule has 1 heterocycles. The van der Waals surface area contributed by atoms with E-state index in [0.29, 0.717) is 12.5 Å². The maximum atomic E-state index is 6.24. The van der Waals surface area contributed by atoms with Gasteiger partial charge in [0.15, 0.2) is 0 Å². The van der Waals surface area contributed by atoms with Gasteiger partial charge in [-0.05, 0) is 31.2 Å². The smallest absolute Gasteiger partial charge is 0.0847 e. The topological polar surface area (TPSA) is 43.8 Å². The minimum Gasteiger partial charge on any atom is -0.330 e. The van der Waals surface area contributed by atoms with Gasteiger partial charge in [0.1, 0.15) is 0 Å². The minimum absolute atomic E-state index is 0.191. The molecule has 0 aromatic carbocycles. The van der Waals surface area contributed by atoms with Gasteiger partial charge in [0, 0.05) is 7.05 Å². The first-order valence-corrected chi connectivity index (χ1v) is 6.03. The number of aryl methyl sites for hydroxylation is 2. The quantitative estimate of drug-likeness (QED) is 0.887. The van der Waals surface area contributed by atoms with Gasteiger partial charge < -0.3 is 5.73 Å². The van der Waals surface area contributed by atoms with Crippen molar-refractivity contribution in [2.45, 2.75) is 34.1 Å². The van der Waals surface area contributed by atoms with Crippen LogP contribution < -0.4 is 5.73 Å². The SMILES string of the molecule is Cc1nn(C)c(CC(CN)C(C)(C)C)c1Cl. The zero-order valence-electron chi connectivity index (χ0n) is 10.8. The number of aromatic nitrogens is 2. The lowest BCUT2D eigenvalue weighted by Gasteiger charge is -2.29. The summed E-state index contributed by atoms with van der Waals surface area (Å²) in [6, 6.07) is 0. The number of hydrogen-bond acceptors (Lipinski definition) is 2. The molecule has 3 nitrogen and oxygen atoms in total. The lowest BCUT2D eigenvalue weighted by Crippen LogP contribution is -2.30. The van der Waals surface area contributed by atoms with Gasteiger partial charge in [-0.25, -0.2) is 0 Å². The summed E-state index contributed by atoms with van der Waals surface area (Å²) < 4.78 is 1.87. The second-order valence-electron chi connectivity index (χ2n) is 5.47. The van der Waals surface area contributed by atoms with Crippen LogP contribution in [0.3, 0.4) is 0 Å². The first-order valence-electron chi connectivity index (χ1n) is 5.65. The molecular formula is C12H22ClN3. The Morgan fingerprint density at radius 1 is 1.44 bits per heavy atom. The fraction of sp³-hybridized carbons (Fsp3) is 0.750. The number of hydrogen-bond donors (Lipinski definition) is 1. The molecule has 1 aromatic heterocycles. The Hall–Kier alpha value is -0.540. The number of nitrogens with two attached hydrogens (primary N) is 1. The zero-order valence-corrected chi connectivity index (χ0v) is 11.6. The molecule has 2 N–H and O–H groups in total. The van der Waals surface area contributed by atoms with E-state index in [4.69, 9.17) is 17.3 Å². The molecule has 4 heteroatoms. The van der Waals surface area contributed by atoms with Crippen LogP contribution in [-0.2, 0) is 13.5 Å². The molecule has 0 aliphatic rings. The Morgan fingerprint density at radius 2 is 2.00 bits per heavy atom. The lowest BCUT2D eigenvalue weighted by molar-refractivity contribution is 0.242. The van der Waals surface area contributed by atoms with Crippen LogP contribution in [0.2, 0.25) is 5.02 Å². The summed E-state index contributed by atoms with van der Waals surface area (Å²) in [6.45, 7) is 9.23. The van der Waals surface area contributed by atoms with Crippen LogP contribution in [0.25, 0.3) is 0 Å². The van der Waals surface area contributed by atoms with E-state index in [1.807, 2.05) is 18.7 Å². The Balaban J connectivity index is 2.95. The molecule has 0 bridgehead atoms. The third-order valence-corrected chi connectivity index (χ3v) is 3.70. The summed E-state index contributed by atoms with van der Waals surface area (Å²) in [7, 11) is 1.93. The molecule has 1 rings (SSSR count). The molecule has 0 saturated heterocycles. The van der Waals surface area contributed by atoms with E-state index in [9.17, 15) is 0 Å². The van der Waals surface area contributed by atoms with Gasteiger partial charge >= 0.3 is 0 Å². The Bertz CT molecular complexity index is 363. The van der Waals surface area contributed by atoms with Crippen molar-refractivity contribution in [2.75, 3.05) is 6.54 Å². The van der Waals surface area contributed by atoms with Crippen LogP contribution in [0.1, 0.15) is 32.2 Å². The molecule has 0 spiro atoms. The highest BCUT2D eigenvalue weighted by Gasteiger charge is 2.26. The third kappa shape index (κ3) is 2.77. The summed E-state index contributed by atoms with van der Waals surface area (Å²) in [5.41, 5.74) is 8.01. The van der Waals surface area contributed by atoms with E-state index in [0.717, 1.165) is 22.8 Å². The first-order chi connectivity index (χ1) is 7.27. The number of nitrogens with zero attached hydrogens (tertiary/aromatic N) is 2. The van der Waals surface area contributed by atoms with Crippen molar-refractivity contribution in [3.63, 3.8) is 0 Å². The van der Waals surface area contributed by atoms with Crippen LogP contribution in [0, 0.1) is 18.3 Å². The van der Waals surface area contributed by atoms with E-state index in [1.54, 1.807) is 0 Å². The molecule has 0 fully saturated rings. The predicted octanol–water partition coefficient (Wildman–Crippen LogP) is 2.55. The monoisotopic (exact) mass is 243 g/mol. The van der Waals surface area contributed by atoms with Crippen molar-refractivity contribution in [2.24, 2.45) is 24.1 Å². The van der Waals surface area contributed by atoms with E-state index >= 15 is 0 Å². The van der Waals surface area contributed by atoms with Gasteiger partial charge in [0.05, 0.1) is 16.4 Å². The lowest BCUT2D eigenvalue weighted by atomic mass is 9.78. The summed E-state index contributed by atoms with van der Waals surface area (Å²) in [4.78, 5) is 0. The molecule has 16 heavy (non-hydrogen) atoms. The van der Waals surface area contributed by atoms with Gasteiger partial charge in [0.25, 0.3) is 0 Å². The van der Waals surface area contributed by atoms with E-state index in [-0.39, 0.29) is 5.41 Å². The standard InChI is InChI=1S/C12H22ClN3/c1-8-11(13)10(16(5)15-8)6-9(7-14)12(2,3)4/h9H,6-7,14H2,1-5H3. The largest absolute Gasteiger partial charge is 0.330 e. The van der Waals surface area contributed by atoms with Gasteiger partial charge in [-0.1, -0.05) is 32.4 Å². The minimum atomic E-state index is 0.191. The van der Waals surface area contributed by atoms with Crippen LogP contribution in [0.4, 0.5) is 0 Å². The molecule has 1 atom stereocenters. The fourth-order valence-electron chi connectivity index (χ4n) is 1.88. The highest BCUT2D eigenvalue weighted by Crippen LogP contribution is 2.31. The maximum absolute atomic E-state index is 6.24. The van der Waals surface area contributed by atoms with Crippen molar-refractivity contribution < 1.29 is 0 Å². The number of halogens is 1. The molecule has 0 radical (unpaired) electrons. The van der Waals surface area contributed by atoms with E-state index in [2.05, 4.69) is 25.9 Å². The summed E-state index contributed by atoms with van der Waals surface area (Å²) in [5.74, 6) is 0.416. The van der Waals surface area contributed by atoms with Crippen molar-refractivity contribution in [1.29, 1.82) is 0 Å². The number of rotatable bonds is 3. The van der Waals surface area contributed by atoms with E-state index in [1.165, 1.54) is 0 Å². The summed E-state index contributed by atoms with van der Waals surface area (Å²) >= 11 is 6.24. The summed E-state index contributed by atoms with van der Waals surface area (Å²) in [6.07, 6.45) is 0.885. The molecule has 0 saturated carbocycles. The van der Waals surface area contributed by atoms with E-state index < -0.39 is 0 Å². The van der Waals surface area contributed by atoms with Gasteiger partial charge in [-0.2, -0.15) is 5.10 Å². The predicted molar refractivity (Wildman–Crippen MR) is 68.7 cm³/mol. The van der Waals surface area contributed by atoms with Crippen LogP contribution in [0.15, 0.2) is 0 Å². The van der Waals surface area contributed by atoms with Crippen molar-refractivity contribution in [3.05, 3.63) is 16.4 Å². The first kappa shape index (κ1) is 13.5. The molecule has 92 valence electrons. The Kier molecular flexibility index (Phi) is 4.02. The fourth-order valence-corrected chi connectivity index (χ4v) is 2.12. The third-order valence-electron chi connectivity index (χ3n) is 3.21. The molecular weight excluding hydrogens is 222 g/mol. The molecule has 0 aliphatic carbocycles. The van der Waals surface area contributed by atoms with Crippen molar-refractivity contribution in [1.82, 2.24) is 9.78 Å². The normalized spacial score (nSPS) is 14.2. The molecule has 0 amide bonds. The van der Waals surface area contributed by atoms with Gasteiger partial charge in [-0.15, -0.1) is 0 Å². The maximum Gasteiger partial charge on any atom is 0.0847 e. The highest BCUT2D eigenvalue weighted by molar-refractivity contribution is 6.31. The highest BCUT2D eigenvalue weighted by atomic mass is 35.5. The second kappa shape index (κ2) is 4.76. The molecule has 0 aliphatic heterocycles. The van der Waals surface area contributed by atoms with Gasteiger partial charge in [0.2, 0.25) is 0 Å². The van der Waals surface area contributed by atoms with Crippen LogP contribution in [-0.4, -0.2) is 16.3 Å². The van der Waals surface area contributed by atoms with Crippen LogP contribution >= 0.6 is 11.6 Å². The van der Waals surface area contributed by atoms with Crippen LogP contribution in [0.5, 0.6) is 0 Å².